The molecule has 2 saturated carbocycles. The fourth-order valence-corrected chi connectivity index (χ4v) is 6.48. The second-order valence-corrected chi connectivity index (χ2v) is 10.2. The van der Waals surface area contributed by atoms with Crippen LogP contribution in [0.5, 0.6) is 0 Å². The maximum absolute atomic E-state index is 12.9. The van der Waals surface area contributed by atoms with Gasteiger partial charge < -0.3 is 20.9 Å². The first-order valence-corrected chi connectivity index (χ1v) is 10.6. The molecule has 5 heteroatoms. The van der Waals surface area contributed by atoms with Gasteiger partial charge in [-0.3, -0.25) is 0 Å². The third-order valence-electron chi connectivity index (χ3n) is 8.24. The van der Waals surface area contributed by atoms with E-state index in [2.05, 4.69) is 45.0 Å². The van der Waals surface area contributed by atoms with Crippen molar-refractivity contribution >= 4 is 6.03 Å². The zero-order valence-electron chi connectivity index (χ0n) is 17.6. The number of hydrogen-bond acceptors (Lipinski definition) is 3. The van der Waals surface area contributed by atoms with Gasteiger partial charge in [-0.2, -0.15) is 0 Å². The molecule has 5 atom stereocenters. The summed E-state index contributed by atoms with van der Waals surface area (Å²) < 4.78 is 0. The molecule has 0 aromatic carbocycles. The van der Waals surface area contributed by atoms with Crippen molar-refractivity contribution in [3.8, 4) is 0 Å². The third-order valence-corrected chi connectivity index (χ3v) is 8.24. The number of nitrogens with two attached hydrogens (primary N) is 1. The lowest BCUT2D eigenvalue weighted by Gasteiger charge is -2.61. The Balaban J connectivity index is 1.75. The molecular weight excluding hydrogens is 324 g/mol. The Morgan fingerprint density at radius 2 is 1.81 bits per heavy atom. The molecule has 3 N–H and O–H groups in total. The first kappa shape index (κ1) is 19.9. The number of nitrogens with one attached hydrogen (secondary N) is 1. The van der Waals surface area contributed by atoms with E-state index in [-0.39, 0.29) is 12.1 Å². The number of urea groups is 1. The zero-order chi connectivity index (χ0) is 19.1. The maximum atomic E-state index is 12.9. The van der Waals surface area contributed by atoms with Crippen LogP contribution in [0.4, 0.5) is 4.79 Å². The number of hydrogen-bond donors (Lipinski definition) is 2. The minimum Gasteiger partial charge on any atom is -0.335 e. The Morgan fingerprint density at radius 3 is 2.42 bits per heavy atom. The van der Waals surface area contributed by atoms with Gasteiger partial charge >= 0.3 is 6.03 Å². The number of piperazine rings is 1. The Morgan fingerprint density at radius 1 is 1.15 bits per heavy atom. The van der Waals surface area contributed by atoms with Gasteiger partial charge in [0, 0.05) is 32.2 Å². The molecule has 5 nitrogen and oxygen atoms in total. The summed E-state index contributed by atoms with van der Waals surface area (Å²) in [4.78, 5) is 17.2. The second-order valence-electron chi connectivity index (χ2n) is 10.2. The van der Waals surface area contributed by atoms with Crippen LogP contribution in [0.3, 0.4) is 0 Å². The number of rotatable bonds is 2. The Labute approximate surface area is 160 Å². The monoisotopic (exact) mass is 364 g/mol. The van der Waals surface area contributed by atoms with Gasteiger partial charge in [-0.05, 0) is 61.4 Å². The van der Waals surface area contributed by atoms with E-state index in [0.29, 0.717) is 28.6 Å². The van der Waals surface area contributed by atoms with E-state index >= 15 is 0 Å². The van der Waals surface area contributed by atoms with Crippen LogP contribution in [0.1, 0.15) is 53.4 Å². The van der Waals surface area contributed by atoms with Gasteiger partial charge in [0.1, 0.15) is 0 Å². The lowest BCUT2D eigenvalue weighted by Crippen LogP contribution is -2.62. The predicted octanol–water partition coefficient (Wildman–Crippen LogP) is 2.76. The minimum atomic E-state index is 0.128. The molecule has 2 amide bonds. The van der Waals surface area contributed by atoms with Crippen LogP contribution in [0, 0.1) is 28.6 Å². The van der Waals surface area contributed by atoms with E-state index in [1.54, 1.807) is 0 Å². The smallest absolute Gasteiger partial charge is 0.317 e. The molecule has 2 aliphatic carbocycles. The highest BCUT2D eigenvalue weighted by Gasteiger charge is 2.56. The van der Waals surface area contributed by atoms with Crippen molar-refractivity contribution in [3.63, 3.8) is 0 Å². The average molecular weight is 365 g/mol. The van der Waals surface area contributed by atoms with Crippen molar-refractivity contribution in [2.45, 2.75) is 59.4 Å². The molecule has 3 rings (SSSR count). The molecule has 1 unspecified atom stereocenters. The molecule has 0 radical (unpaired) electrons. The van der Waals surface area contributed by atoms with E-state index < -0.39 is 0 Å². The average Bonchev–Trinajstić information content (AvgIpc) is 2.57. The van der Waals surface area contributed by atoms with Gasteiger partial charge in [0.15, 0.2) is 0 Å². The fraction of sp³-hybridized carbons (Fsp3) is 0.952. The molecule has 3 fully saturated rings. The van der Waals surface area contributed by atoms with Crippen LogP contribution in [0.15, 0.2) is 0 Å². The summed E-state index contributed by atoms with van der Waals surface area (Å²) in [6.07, 6.45) is 4.98. The molecule has 0 aromatic rings. The normalized spacial score (nSPS) is 40.8. The van der Waals surface area contributed by atoms with E-state index in [9.17, 15) is 4.79 Å². The van der Waals surface area contributed by atoms with Gasteiger partial charge in [0.25, 0.3) is 0 Å². The summed E-state index contributed by atoms with van der Waals surface area (Å²) in [6.45, 7) is 14.0. The predicted molar refractivity (Wildman–Crippen MR) is 107 cm³/mol. The summed E-state index contributed by atoms with van der Waals surface area (Å²) in [5.74, 6) is 1.55. The lowest BCUT2D eigenvalue weighted by molar-refractivity contribution is -0.101. The first-order valence-electron chi connectivity index (χ1n) is 10.6. The fourth-order valence-electron chi connectivity index (χ4n) is 6.48. The number of nitrogens with zero attached hydrogens (tertiary/aromatic N) is 2. The molecule has 1 saturated heterocycles. The molecule has 1 aliphatic heterocycles. The van der Waals surface area contributed by atoms with Crippen LogP contribution in [0.25, 0.3) is 0 Å². The van der Waals surface area contributed by atoms with Crippen LogP contribution >= 0.6 is 0 Å². The van der Waals surface area contributed by atoms with Crippen molar-refractivity contribution in [3.05, 3.63) is 0 Å². The van der Waals surface area contributed by atoms with Crippen molar-refractivity contribution in [1.29, 1.82) is 0 Å². The Kier molecular flexibility index (Phi) is 5.60. The summed E-state index contributed by atoms with van der Waals surface area (Å²) in [6, 6.07) is 0.370. The van der Waals surface area contributed by atoms with Crippen LogP contribution < -0.4 is 11.1 Å². The van der Waals surface area contributed by atoms with Gasteiger partial charge in [0.2, 0.25) is 0 Å². The largest absolute Gasteiger partial charge is 0.335 e. The Hall–Kier alpha value is -0.810. The molecule has 0 aromatic heterocycles. The standard InChI is InChI=1S/C21H40N4O/c1-15-16(14-22)21(4)8-6-7-20(2,3)18(21)13-17(15)23-19(26)25-11-9-24(5)10-12-25/h15-18H,6-14,22H2,1-5H3,(H,23,26)/t15-,16-,17+,18?,21+/m0/s1. The van der Waals surface area contributed by atoms with Crippen molar-refractivity contribution in [2.75, 3.05) is 39.8 Å². The zero-order valence-corrected chi connectivity index (χ0v) is 17.6. The van der Waals surface area contributed by atoms with Gasteiger partial charge in [-0.15, -0.1) is 0 Å². The minimum absolute atomic E-state index is 0.128. The highest BCUT2D eigenvalue weighted by atomic mass is 16.2. The molecule has 150 valence electrons. The van der Waals surface area contributed by atoms with Crippen LogP contribution in [0.2, 0.25) is 0 Å². The molecule has 0 spiro atoms. The first-order chi connectivity index (χ1) is 12.2. The maximum Gasteiger partial charge on any atom is 0.317 e. The third kappa shape index (κ3) is 3.49. The second kappa shape index (κ2) is 7.31. The van der Waals surface area contributed by atoms with Gasteiger partial charge in [-0.1, -0.05) is 34.1 Å². The quantitative estimate of drug-likeness (QED) is 0.792. The van der Waals surface area contributed by atoms with Gasteiger partial charge in [0.05, 0.1) is 0 Å². The van der Waals surface area contributed by atoms with E-state index in [1.165, 1.54) is 19.3 Å². The molecule has 26 heavy (non-hydrogen) atoms. The topological polar surface area (TPSA) is 61.6 Å². The van der Waals surface area contributed by atoms with Crippen molar-refractivity contribution in [2.24, 2.45) is 34.3 Å². The van der Waals surface area contributed by atoms with E-state index in [0.717, 1.165) is 39.1 Å². The van der Waals surface area contributed by atoms with Crippen molar-refractivity contribution < 1.29 is 4.79 Å². The van der Waals surface area contributed by atoms with E-state index in [4.69, 9.17) is 5.73 Å². The number of carbonyl (C=O) groups excluding carboxylic acids is 1. The summed E-state index contributed by atoms with van der Waals surface area (Å²) in [5, 5.41) is 3.42. The summed E-state index contributed by atoms with van der Waals surface area (Å²) in [5.41, 5.74) is 6.94. The highest BCUT2D eigenvalue weighted by molar-refractivity contribution is 5.74. The van der Waals surface area contributed by atoms with E-state index in [1.807, 2.05) is 4.90 Å². The number of likely N-dealkylation sites (N-methyl/N-ethyl adjacent to an activating group) is 1. The molecule has 0 bridgehead atoms. The summed E-state index contributed by atoms with van der Waals surface area (Å²) in [7, 11) is 2.12. The SMILES string of the molecule is C[C@@H]1[C@H](NC(=O)N2CCN(C)CC2)CC2C(C)(C)CCC[C@]2(C)[C@H]1CN. The Bertz CT molecular complexity index is 514. The van der Waals surface area contributed by atoms with Crippen LogP contribution in [-0.2, 0) is 0 Å². The number of carbonyl (C=O) groups is 1. The van der Waals surface area contributed by atoms with Crippen LogP contribution in [-0.4, -0.2) is 61.6 Å². The highest BCUT2D eigenvalue weighted by Crippen LogP contribution is 2.60. The molecule has 1 heterocycles. The lowest BCUT2D eigenvalue weighted by atomic mass is 9.46. The number of fused-ring (bicyclic) bond motifs is 1. The molecular formula is C21H40N4O. The molecule has 3 aliphatic rings. The number of amides is 2. The summed E-state index contributed by atoms with van der Waals surface area (Å²) >= 11 is 0. The van der Waals surface area contributed by atoms with Crippen molar-refractivity contribution in [1.82, 2.24) is 15.1 Å². The van der Waals surface area contributed by atoms with Gasteiger partial charge in [-0.25, -0.2) is 4.79 Å².